The van der Waals surface area contributed by atoms with Crippen molar-refractivity contribution >= 4 is 23.6 Å². The molecule has 130 valence electrons. The Morgan fingerprint density at radius 1 is 0.960 bits per heavy atom. The van der Waals surface area contributed by atoms with Crippen LogP contribution < -0.4 is 16.4 Å². The van der Waals surface area contributed by atoms with Gasteiger partial charge in [-0.2, -0.15) is 0 Å². The van der Waals surface area contributed by atoms with Crippen LogP contribution in [-0.2, 0) is 20.9 Å². The number of hydrogen-bond donors (Lipinski definition) is 3. The van der Waals surface area contributed by atoms with Gasteiger partial charge in [0.2, 0.25) is 11.8 Å². The molecule has 7 heteroatoms. The molecular formula is C18H19N3O4. The zero-order valence-electron chi connectivity index (χ0n) is 13.5. The number of ether oxygens (including phenoxy) is 1. The van der Waals surface area contributed by atoms with E-state index in [0.29, 0.717) is 5.69 Å². The van der Waals surface area contributed by atoms with Crippen molar-refractivity contribution in [3.8, 4) is 0 Å². The van der Waals surface area contributed by atoms with Crippen LogP contribution in [-0.4, -0.2) is 23.9 Å². The topological polar surface area (TPSA) is 111 Å². The summed E-state index contributed by atoms with van der Waals surface area (Å²) in [5, 5.41) is 4.97. The molecule has 0 fully saturated rings. The van der Waals surface area contributed by atoms with Gasteiger partial charge in [0.25, 0.3) is 0 Å². The quantitative estimate of drug-likeness (QED) is 0.713. The molecule has 1 atom stereocenters. The second-order valence-corrected chi connectivity index (χ2v) is 5.28. The van der Waals surface area contributed by atoms with Crippen LogP contribution in [0.15, 0.2) is 60.7 Å². The molecule has 2 aromatic rings. The predicted octanol–water partition coefficient (Wildman–Crippen LogP) is 1.80. The number of nitrogens with two attached hydrogens (primary N) is 1. The second kappa shape index (κ2) is 9.07. The number of primary amides is 1. The smallest absolute Gasteiger partial charge is 0.408 e. The van der Waals surface area contributed by atoms with Gasteiger partial charge in [-0.05, 0) is 17.7 Å². The molecule has 2 rings (SSSR count). The normalized spacial score (nSPS) is 11.2. The average Bonchev–Trinajstić information content (AvgIpc) is 2.61. The highest BCUT2D eigenvalue weighted by atomic mass is 16.5. The lowest BCUT2D eigenvalue weighted by Gasteiger charge is -2.17. The van der Waals surface area contributed by atoms with Gasteiger partial charge in [0.15, 0.2) is 0 Å². The third-order valence-electron chi connectivity index (χ3n) is 3.27. The fourth-order valence-corrected chi connectivity index (χ4v) is 2.07. The van der Waals surface area contributed by atoms with Gasteiger partial charge in [-0.3, -0.25) is 9.59 Å². The standard InChI is InChI=1S/C18H19N3O4/c19-16(22)11-15(17(23)20-14-9-5-2-6-10-14)21-18(24)25-12-13-7-3-1-4-8-13/h1-10,15H,11-12H2,(H2,19,22)(H,20,23)(H,21,24)/t15-/m0/s1. The van der Waals surface area contributed by atoms with Crippen molar-refractivity contribution in [2.45, 2.75) is 19.1 Å². The summed E-state index contributed by atoms with van der Waals surface area (Å²) >= 11 is 0. The molecule has 0 saturated heterocycles. The summed E-state index contributed by atoms with van der Waals surface area (Å²) in [6.07, 6.45) is -1.14. The number of anilines is 1. The first-order valence-electron chi connectivity index (χ1n) is 7.66. The molecule has 0 saturated carbocycles. The maximum atomic E-state index is 12.3. The number of amides is 3. The van der Waals surface area contributed by atoms with E-state index in [-0.39, 0.29) is 13.0 Å². The largest absolute Gasteiger partial charge is 0.445 e. The summed E-state index contributed by atoms with van der Waals surface area (Å²) in [6, 6.07) is 16.6. The van der Waals surface area contributed by atoms with Crippen molar-refractivity contribution in [2.75, 3.05) is 5.32 Å². The molecule has 25 heavy (non-hydrogen) atoms. The van der Waals surface area contributed by atoms with Crippen LogP contribution in [0.25, 0.3) is 0 Å². The first kappa shape index (κ1) is 18.0. The molecule has 0 aliphatic rings. The molecule has 0 aliphatic carbocycles. The highest BCUT2D eigenvalue weighted by molar-refractivity contribution is 5.98. The molecule has 2 aromatic carbocycles. The van der Waals surface area contributed by atoms with Gasteiger partial charge < -0.3 is 21.1 Å². The van der Waals surface area contributed by atoms with E-state index in [1.54, 1.807) is 42.5 Å². The molecule has 0 unspecified atom stereocenters. The van der Waals surface area contributed by atoms with Gasteiger partial charge in [-0.25, -0.2) is 4.79 Å². The van der Waals surface area contributed by atoms with Crippen molar-refractivity contribution in [1.29, 1.82) is 0 Å². The fourth-order valence-electron chi connectivity index (χ4n) is 2.07. The molecule has 3 amide bonds. The van der Waals surface area contributed by atoms with E-state index in [4.69, 9.17) is 10.5 Å². The summed E-state index contributed by atoms with van der Waals surface area (Å²) < 4.78 is 5.06. The number of nitrogens with one attached hydrogen (secondary N) is 2. The van der Waals surface area contributed by atoms with Crippen LogP contribution in [0.1, 0.15) is 12.0 Å². The summed E-state index contributed by atoms with van der Waals surface area (Å²) in [7, 11) is 0. The predicted molar refractivity (Wildman–Crippen MR) is 92.4 cm³/mol. The van der Waals surface area contributed by atoms with Gasteiger partial charge in [0.1, 0.15) is 12.6 Å². The molecule has 0 spiro atoms. The monoisotopic (exact) mass is 341 g/mol. The number of benzene rings is 2. The Hall–Kier alpha value is -3.35. The van der Waals surface area contributed by atoms with Crippen molar-refractivity contribution in [2.24, 2.45) is 5.73 Å². The number of rotatable bonds is 7. The Kier molecular flexibility index (Phi) is 6.53. The molecule has 4 N–H and O–H groups in total. The minimum absolute atomic E-state index is 0.0519. The molecule has 7 nitrogen and oxygen atoms in total. The molecule has 0 radical (unpaired) electrons. The second-order valence-electron chi connectivity index (χ2n) is 5.28. The van der Waals surface area contributed by atoms with Gasteiger partial charge >= 0.3 is 6.09 Å². The maximum absolute atomic E-state index is 12.3. The Bertz CT molecular complexity index is 720. The van der Waals surface area contributed by atoms with Crippen molar-refractivity contribution in [1.82, 2.24) is 5.32 Å². The van der Waals surface area contributed by atoms with Crippen LogP contribution >= 0.6 is 0 Å². The average molecular weight is 341 g/mol. The van der Waals surface area contributed by atoms with Gasteiger partial charge in [0.05, 0.1) is 6.42 Å². The van der Waals surface area contributed by atoms with Crippen molar-refractivity contribution < 1.29 is 19.1 Å². The lowest BCUT2D eigenvalue weighted by molar-refractivity contribution is -0.123. The van der Waals surface area contributed by atoms with Crippen molar-refractivity contribution in [3.05, 3.63) is 66.2 Å². The van der Waals surface area contributed by atoms with Gasteiger partial charge in [-0.1, -0.05) is 48.5 Å². The summed E-state index contributed by atoms with van der Waals surface area (Å²) in [4.78, 5) is 35.3. The zero-order valence-corrected chi connectivity index (χ0v) is 13.5. The fraction of sp³-hybridized carbons (Fsp3) is 0.167. The number of alkyl carbamates (subject to hydrolysis) is 1. The van der Waals surface area contributed by atoms with E-state index in [9.17, 15) is 14.4 Å². The van der Waals surface area contributed by atoms with E-state index in [2.05, 4.69) is 10.6 Å². The highest BCUT2D eigenvalue weighted by Crippen LogP contribution is 2.07. The zero-order chi connectivity index (χ0) is 18.1. The summed E-state index contributed by atoms with van der Waals surface area (Å²) in [6.45, 7) is 0.0519. The number of carbonyl (C=O) groups excluding carboxylic acids is 3. The SMILES string of the molecule is NC(=O)C[C@H](NC(=O)OCc1ccccc1)C(=O)Nc1ccccc1. The van der Waals surface area contributed by atoms with Crippen LogP contribution in [0.2, 0.25) is 0 Å². The number of hydrogen-bond acceptors (Lipinski definition) is 4. The van der Waals surface area contributed by atoms with Crippen LogP contribution in [0.3, 0.4) is 0 Å². The molecular weight excluding hydrogens is 322 g/mol. The third kappa shape index (κ3) is 6.34. The van der Waals surface area contributed by atoms with Crippen LogP contribution in [0.4, 0.5) is 10.5 Å². The Labute approximate surface area is 145 Å². The minimum atomic E-state index is -1.12. The maximum Gasteiger partial charge on any atom is 0.408 e. The Balaban J connectivity index is 1.93. The first-order chi connectivity index (χ1) is 12.0. The van der Waals surface area contributed by atoms with E-state index in [0.717, 1.165) is 5.56 Å². The summed E-state index contributed by atoms with van der Waals surface area (Å²) in [5.74, 6) is -1.27. The van der Waals surface area contributed by atoms with E-state index < -0.39 is 23.9 Å². The number of carbonyl (C=O) groups is 3. The van der Waals surface area contributed by atoms with Crippen molar-refractivity contribution in [3.63, 3.8) is 0 Å². The van der Waals surface area contributed by atoms with Gasteiger partial charge in [-0.15, -0.1) is 0 Å². The molecule has 0 aromatic heterocycles. The van der Waals surface area contributed by atoms with E-state index in [1.807, 2.05) is 18.2 Å². The molecule has 0 heterocycles. The minimum Gasteiger partial charge on any atom is -0.445 e. The van der Waals surface area contributed by atoms with E-state index in [1.165, 1.54) is 0 Å². The number of para-hydroxylation sites is 1. The van der Waals surface area contributed by atoms with Crippen LogP contribution in [0.5, 0.6) is 0 Å². The van der Waals surface area contributed by atoms with Crippen LogP contribution in [0, 0.1) is 0 Å². The van der Waals surface area contributed by atoms with Gasteiger partial charge in [0, 0.05) is 5.69 Å². The molecule has 0 bridgehead atoms. The third-order valence-corrected chi connectivity index (χ3v) is 3.27. The highest BCUT2D eigenvalue weighted by Gasteiger charge is 2.23. The lowest BCUT2D eigenvalue weighted by atomic mass is 10.2. The molecule has 0 aliphatic heterocycles. The van der Waals surface area contributed by atoms with E-state index >= 15 is 0 Å². The lowest BCUT2D eigenvalue weighted by Crippen LogP contribution is -2.46. The first-order valence-corrected chi connectivity index (χ1v) is 7.66. The Morgan fingerprint density at radius 3 is 2.16 bits per heavy atom. The summed E-state index contributed by atoms with van der Waals surface area (Å²) in [5.41, 5.74) is 6.50. The Morgan fingerprint density at radius 2 is 1.56 bits per heavy atom.